The first-order chi connectivity index (χ1) is 4.61. The molecule has 1 saturated heterocycles. The lowest BCUT2D eigenvalue weighted by Gasteiger charge is -1.97. The fourth-order valence-electron chi connectivity index (χ4n) is 1.14. The molecule has 58 valence electrons. The van der Waals surface area contributed by atoms with Crippen LogP contribution in [0.15, 0.2) is 11.6 Å². The van der Waals surface area contributed by atoms with E-state index in [4.69, 9.17) is 9.84 Å². The molecule has 0 amide bonds. The van der Waals surface area contributed by atoms with Gasteiger partial charge in [-0.05, 0) is 26.3 Å². The maximum absolute atomic E-state index is 8.95. The van der Waals surface area contributed by atoms with E-state index in [1.54, 1.807) is 6.92 Å². The van der Waals surface area contributed by atoms with Crippen molar-refractivity contribution in [3.05, 3.63) is 11.6 Å². The molecule has 3 atom stereocenters. The molecular weight excluding hydrogens is 128 g/mol. The third kappa shape index (κ3) is 1.82. The standard InChI is InChI=1S/C8H14O2/c1-5(4-6(2)9)8-7(3)10-8/h4,6-9H,1-3H3/b5-4+. The van der Waals surface area contributed by atoms with E-state index in [1.165, 1.54) is 0 Å². The van der Waals surface area contributed by atoms with E-state index in [2.05, 4.69) is 0 Å². The number of ether oxygens (including phenoxy) is 1. The van der Waals surface area contributed by atoms with Gasteiger partial charge in [-0.1, -0.05) is 6.08 Å². The van der Waals surface area contributed by atoms with Gasteiger partial charge in [-0.15, -0.1) is 0 Å². The molecule has 1 fully saturated rings. The second-order valence-corrected chi connectivity index (χ2v) is 2.91. The maximum atomic E-state index is 8.95. The topological polar surface area (TPSA) is 32.8 Å². The smallest absolute Gasteiger partial charge is 0.105 e. The Bertz CT molecular complexity index is 149. The zero-order chi connectivity index (χ0) is 7.72. The molecule has 0 aromatic carbocycles. The molecule has 1 aliphatic heterocycles. The van der Waals surface area contributed by atoms with Gasteiger partial charge in [0.15, 0.2) is 0 Å². The summed E-state index contributed by atoms with van der Waals surface area (Å²) in [5.74, 6) is 0. The van der Waals surface area contributed by atoms with Gasteiger partial charge in [-0.2, -0.15) is 0 Å². The summed E-state index contributed by atoms with van der Waals surface area (Å²) in [6.07, 6.45) is 2.11. The van der Waals surface area contributed by atoms with E-state index in [0.29, 0.717) is 6.10 Å². The van der Waals surface area contributed by atoms with Crippen LogP contribution >= 0.6 is 0 Å². The third-order valence-electron chi connectivity index (χ3n) is 1.66. The van der Waals surface area contributed by atoms with Crippen LogP contribution in [0.5, 0.6) is 0 Å². The molecule has 1 N–H and O–H groups in total. The molecule has 0 aromatic heterocycles. The van der Waals surface area contributed by atoms with Gasteiger partial charge in [0.1, 0.15) is 6.10 Å². The molecule has 0 radical (unpaired) electrons. The Hall–Kier alpha value is -0.340. The molecule has 3 unspecified atom stereocenters. The van der Waals surface area contributed by atoms with Crippen molar-refractivity contribution in [3.63, 3.8) is 0 Å². The first kappa shape index (κ1) is 7.76. The molecule has 1 rings (SSSR count). The van der Waals surface area contributed by atoms with Crippen LogP contribution in [0.3, 0.4) is 0 Å². The molecule has 0 spiro atoms. The summed E-state index contributed by atoms with van der Waals surface area (Å²) < 4.78 is 5.20. The summed E-state index contributed by atoms with van der Waals surface area (Å²) in [6, 6.07) is 0. The van der Waals surface area contributed by atoms with Crippen molar-refractivity contribution in [2.24, 2.45) is 0 Å². The first-order valence-corrected chi connectivity index (χ1v) is 3.63. The summed E-state index contributed by atoms with van der Waals surface area (Å²) in [5.41, 5.74) is 1.14. The lowest BCUT2D eigenvalue weighted by Crippen LogP contribution is -1.99. The minimum Gasteiger partial charge on any atom is -0.389 e. The van der Waals surface area contributed by atoms with Crippen molar-refractivity contribution < 1.29 is 9.84 Å². The van der Waals surface area contributed by atoms with Gasteiger partial charge < -0.3 is 9.84 Å². The number of aliphatic hydroxyl groups is 1. The van der Waals surface area contributed by atoms with Crippen molar-refractivity contribution in [1.82, 2.24) is 0 Å². The lowest BCUT2D eigenvalue weighted by molar-refractivity contribution is 0.242. The second-order valence-electron chi connectivity index (χ2n) is 2.91. The minimum atomic E-state index is -0.351. The minimum absolute atomic E-state index is 0.273. The molecule has 0 aromatic rings. The SMILES string of the molecule is C/C(=C\C(C)O)C1OC1C. The molecule has 2 heteroatoms. The first-order valence-electron chi connectivity index (χ1n) is 3.63. The summed E-state index contributed by atoms with van der Waals surface area (Å²) in [7, 11) is 0. The van der Waals surface area contributed by atoms with Gasteiger partial charge in [0.2, 0.25) is 0 Å². The van der Waals surface area contributed by atoms with Crippen LogP contribution in [0.1, 0.15) is 20.8 Å². The summed E-state index contributed by atoms with van der Waals surface area (Å²) in [5, 5.41) is 8.95. The Kier molecular flexibility index (Phi) is 2.11. The van der Waals surface area contributed by atoms with Crippen molar-refractivity contribution >= 4 is 0 Å². The number of hydrogen-bond donors (Lipinski definition) is 1. The highest BCUT2D eigenvalue weighted by Gasteiger charge is 2.35. The lowest BCUT2D eigenvalue weighted by atomic mass is 10.1. The molecular formula is C8H14O2. The van der Waals surface area contributed by atoms with Crippen LogP contribution < -0.4 is 0 Å². The number of epoxide rings is 1. The highest BCUT2D eigenvalue weighted by atomic mass is 16.6. The number of rotatable bonds is 2. The summed E-state index contributed by atoms with van der Waals surface area (Å²) in [6.45, 7) is 5.77. The Labute approximate surface area is 61.5 Å². The number of hydrogen-bond acceptors (Lipinski definition) is 2. The summed E-state index contributed by atoms with van der Waals surface area (Å²) >= 11 is 0. The van der Waals surface area contributed by atoms with Crippen molar-refractivity contribution in [3.8, 4) is 0 Å². The average Bonchev–Trinajstić information content (AvgIpc) is 2.44. The predicted molar refractivity (Wildman–Crippen MR) is 39.8 cm³/mol. The third-order valence-corrected chi connectivity index (χ3v) is 1.66. The van der Waals surface area contributed by atoms with E-state index in [0.717, 1.165) is 5.57 Å². The molecule has 0 bridgehead atoms. The molecule has 2 nitrogen and oxygen atoms in total. The fraction of sp³-hybridized carbons (Fsp3) is 0.750. The highest BCUT2D eigenvalue weighted by Crippen LogP contribution is 2.28. The Balaban J connectivity index is 2.41. The predicted octanol–water partition coefficient (Wildman–Crippen LogP) is 1.10. The van der Waals surface area contributed by atoms with E-state index < -0.39 is 0 Å². The van der Waals surface area contributed by atoms with Gasteiger partial charge in [0.05, 0.1) is 12.2 Å². The molecule has 0 saturated carbocycles. The van der Waals surface area contributed by atoms with Crippen molar-refractivity contribution in [2.75, 3.05) is 0 Å². The van der Waals surface area contributed by atoms with Crippen LogP contribution in [0, 0.1) is 0 Å². The highest BCUT2D eigenvalue weighted by molar-refractivity contribution is 5.14. The van der Waals surface area contributed by atoms with E-state index in [-0.39, 0.29) is 12.2 Å². The van der Waals surface area contributed by atoms with Gasteiger partial charge in [0.25, 0.3) is 0 Å². The molecule has 1 aliphatic rings. The Morgan fingerprint density at radius 1 is 1.70 bits per heavy atom. The summed E-state index contributed by atoms with van der Waals surface area (Å²) in [4.78, 5) is 0. The molecule has 10 heavy (non-hydrogen) atoms. The van der Waals surface area contributed by atoms with Gasteiger partial charge >= 0.3 is 0 Å². The van der Waals surface area contributed by atoms with E-state index >= 15 is 0 Å². The van der Waals surface area contributed by atoms with Crippen LogP contribution in [0.4, 0.5) is 0 Å². The fourth-order valence-corrected chi connectivity index (χ4v) is 1.14. The van der Waals surface area contributed by atoms with Crippen LogP contribution in [-0.2, 0) is 4.74 Å². The largest absolute Gasteiger partial charge is 0.389 e. The van der Waals surface area contributed by atoms with Gasteiger partial charge in [0, 0.05) is 0 Å². The average molecular weight is 142 g/mol. The van der Waals surface area contributed by atoms with Gasteiger partial charge in [-0.25, -0.2) is 0 Å². The quantitative estimate of drug-likeness (QED) is 0.462. The number of aliphatic hydroxyl groups excluding tert-OH is 1. The zero-order valence-electron chi connectivity index (χ0n) is 6.66. The second kappa shape index (κ2) is 2.72. The van der Waals surface area contributed by atoms with Crippen molar-refractivity contribution in [2.45, 2.75) is 39.1 Å². The maximum Gasteiger partial charge on any atom is 0.105 e. The normalized spacial score (nSPS) is 35.8. The van der Waals surface area contributed by atoms with E-state index in [9.17, 15) is 0 Å². The van der Waals surface area contributed by atoms with Crippen LogP contribution in [0.2, 0.25) is 0 Å². The van der Waals surface area contributed by atoms with Crippen molar-refractivity contribution in [1.29, 1.82) is 0 Å². The Morgan fingerprint density at radius 2 is 2.20 bits per heavy atom. The zero-order valence-corrected chi connectivity index (χ0v) is 6.66. The monoisotopic (exact) mass is 142 g/mol. The Morgan fingerprint density at radius 3 is 2.50 bits per heavy atom. The van der Waals surface area contributed by atoms with E-state index in [1.807, 2.05) is 19.9 Å². The van der Waals surface area contributed by atoms with Crippen LogP contribution in [-0.4, -0.2) is 23.4 Å². The molecule has 1 heterocycles. The van der Waals surface area contributed by atoms with Gasteiger partial charge in [-0.3, -0.25) is 0 Å². The molecule has 0 aliphatic carbocycles. The van der Waals surface area contributed by atoms with Crippen LogP contribution in [0.25, 0.3) is 0 Å².